The Balaban J connectivity index is 1.94. The molecule has 0 radical (unpaired) electrons. The maximum atomic E-state index is 5.96. The number of ether oxygens (including phenoxy) is 1. The van der Waals surface area contributed by atoms with Gasteiger partial charge in [-0.2, -0.15) is 4.98 Å². The number of hydrogen-bond acceptors (Lipinski definition) is 5. The third-order valence-electron chi connectivity index (χ3n) is 3.69. The van der Waals surface area contributed by atoms with E-state index < -0.39 is 0 Å². The summed E-state index contributed by atoms with van der Waals surface area (Å²) < 4.78 is 10.7. The van der Waals surface area contributed by atoms with Crippen LogP contribution in [0.1, 0.15) is 25.2 Å². The van der Waals surface area contributed by atoms with Gasteiger partial charge in [-0.05, 0) is 38.1 Å². The van der Waals surface area contributed by atoms with Crippen LogP contribution in [0.2, 0.25) is 5.02 Å². The van der Waals surface area contributed by atoms with Crippen molar-refractivity contribution in [3.05, 3.63) is 29.1 Å². The molecule has 2 unspecified atom stereocenters. The zero-order valence-corrected chi connectivity index (χ0v) is 12.1. The van der Waals surface area contributed by atoms with Gasteiger partial charge in [0.15, 0.2) is 0 Å². The summed E-state index contributed by atoms with van der Waals surface area (Å²) in [4.78, 5) is 4.51. The molecule has 20 heavy (non-hydrogen) atoms. The number of rotatable bonds is 3. The normalized spacial score (nSPS) is 22.1. The molecule has 1 saturated heterocycles. The SMILES string of the molecule is COc1cc(Cl)ccc1-c1noc(C2CCNC2C)n1. The van der Waals surface area contributed by atoms with E-state index in [1.54, 1.807) is 19.2 Å². The van der Waals surface area contributed by atoms with Gasteiger partial charge in [0.2, 0.25) is 11.7 Å². The lowest BCUT2D eigenvalue weighted by Gasteiger charge is -2.09. The van der Waals surface area contributed by atoms with Gasteiger partial charge in [0.1, 0.15) is 5.75 Å². The van der Waals surface area contributed by atoms with E-state index in [1.807, 2.05) is 6.07 Å². The highest BCUT2D eigenvalue weighted by Gasteiger charge is 2.29. The van der Waals surface area contributed by atoms with Crippen molar-refractivity contribution in [2.45, 2.75) is 25.3 Å². The molecule has 2 aromatic rings. The third kappa shape index (κ3) is 2.39. The number of aromatic nitrogens is 2. The van der Waals surface area contributed by atoms with Crippen LogP contribution in [-0.2, 0) is 0 Å². The highest BCUT2D eigenvalue weighted by Crippen LogP contribution is 2.33. The van der Waals surface area contributed by atoms with Crippen molar-refractivity contribution in [1.82, 2.24) is 15.5 Å². The van der Waals surface area contributed by atoms with Crippen LogP contribution in [0.15, 0.2) is 22.7 Å². The molecule has 1 aliphatic heterocycles. The van der Waals surface area contributed by atoms with Crippen molar-refractivity contribution in [3.8, 4) is 17.1 Å². The Morgan fingerprint density at radius 1 is 1.45 bits per heavy atom. The molecule has 1 aliphatic rings. The van der Waals surface area contributed by atoms with Gasteiger partial charge in [-0.1, -0.05) is 16.8 Å². The van der Waals surface area contributed by atoms with E-state index in [1.165, 1.54) is 0 Å². The van der Waals surface area contributed by atoms with E-state index in [0.29, 0.717) is 28.5 Å². The minimum atomic E-state index is 0.273. The first-order valence-corrected chi connectivity index (χ1v) is 6.97. The van der Waals surface area contributed by atoms with Crippen molar-refractivity contribution in [3.63, 3.8) is 0 Å². The van der Waals surface area contributed by atoms with Crippen molar-refractivity contribution >= 4 is 11.6 Å². The van der Waals surface area contributed by atoms with Gasteiger partial charge in [-0.15, -0.1) is 0 Å². The molecule has 2 atom stereocenters. The van der Waals surface area contributed by atoms with Crippen LogP contribution in [0.3, 0.4) is 0 Å². The first kappa shape index (κ1) is 13.4. The predicted molar refractivity (Wildman–Crippen MR) is 76.1 cm³/mol. The fourth-order valence-corrected chi connectivity index (χ4v) is 2.70. The standard InChI is InChI=1S/C14H16ClN3O2/c1-8-10(5-6-16-8)14-17-13(18-20-14)11-4-3-9(15)7-12(11)19-2/h3-4,7-8,10,16H,5-6H2,1-2H3. The van der Waals surface area contributed by atoms with Crippen molar-refractivity contribution in [1.29, 1.82) is 0 Å². The summed E-state index contributed by atoms with van der Waals surface area (Å²) in [5, 5.41) is 8.06. The van der Waals surface area contributed by atoms with Gasteiger partial charge in [-0.3, -0.25) is 0 Å². The highest BCUT2D eigenvalue weighted by atomic mass is 35.5. The van der Waals surface area contributed by atoms with Crippen molar-refractivity contribution in [2.24, 2.45) is 0 Å². The average molecular weight is 294 g/mol. The molecule has 1 N–H and O–H groups in total. The Labute approximate surface area is 122 Å². The second-order valence-corrected chi connectivity index (χ2v) is 5.38. The largest absolute Gasteiger partial charge is 0.496 e. The lowest BCUT2D eigenvalue weighted by atomic mass is 10.0. The Morgan fingerprint density at radius 3 is 3.00 bits per heavy atom. The summed E-state index contributed by atoms with van der Waals surface area (Å²) in [5.41, 5.74) is 0.783. The molecule has 1 aromatic carbocycles. The number of halogens is 1. The summed E-state index contributed by atoms with van der Waals surface area (Å²) in [6, 6.07) is 5.73. The fraction of sp³-hybridized carbons (Fsp3) is 0.429. The molecule has 0 aliphatic carbocycles. The lowest BCUT2D eigenvalue weighted by molar-refractivity contribution is 0.345. The molecule has 1 fully saturated rings. The van der Waals surface area contributed by atoms with E-state index >= 15 is 0 Å². The van der Waals surface area contributed by atoms with E-state index in [9.17, 15) is 0 Å². The third-order valence-corrected chi connectivity index (χ3v) is 3.92. The van der Waals surface area contributed by atoms with Gasteiger partial charge in [0, 0.05) is 11.1 Å². The van der Waals surface area contributed by atoms with Crippen LogP contribution < -0.4 is 10.1 Å². The Bertz CT molecular complexity index is 614. The Morgan fingerprint density at radius 2 is 2.30 bits per heavy atom. The lowest BCUT2D eigenvalue weighted by Crippen LogP contribution is -2.21. The van der Waals surface area contributed by atoms with E-state index in [-0.39, 0.29) is 5.92 Å². The molecule has 5 nitrogen and oxygen atoms in total. The van der Waals surface area contributed by atoms with E-state index in [4.69, 9.17) is 20.9 Å². The molecule has 0 amide bonds. The van der Waals surface area contributed by atoms with Gasteiger partial charge in [0.05, 0.1) is 18.6 Å². The minimum Gasteiger partial charge on any atom is -0.496 e. The number of methoxy groups -OCH3 is 1. The quantitative estimate of drug-likeness (QED) is 0.943. The van der Waals surface area contributed by atoms with Crippen LogP contribution in [0.4, 0.5) is 0 Å². The van der Waals surface area contributed by atoms with E-state index in [2.05, 4.69) is 22.4 Å². The topological polar surface area (TPSA) is 60.2 Å². The predicted octanol–water partition coefficient (Wildman–Crippen LogP) is 2.86. The molecular weight excluding hydrogens is 278 g/mol. The Kier molecular flexibility index (Phi) is 3.63. The molecule has 1 aromatic heterocycles. The number of nitrogens with one attached hydrogen (secondary N) is 1. The zero-order valence-electron chi connectivity index (χ0n) is 11.4. The first-order chi connectivity index (χ1) is 9.69. The first-order valence-electron chi connectivity index (χ1n) is 6.60. The zero-order chi connectivity index (χ0) is 14.1. The summed E-state index contributed by atoms with van der Waals surface area (Å²) in [6.07, 6.45) is 1.01. The minimum absolute atomic E-state index is 0.273. The van der Waals surface area contributed by atoms with Crippen LogP contribution in [-0.4, -0.2) is 29.8 Å². The smallest absolute Gasteiger partial charge is 0.231 e. The second kappa shape index (κ2) is 5.42. The molecule has 2 heterocycles. The summed E-state index contributed by atoms with van der Waals surface area (Å²) in [5.74, 6) is 2.12. The Hall–Kier alpha value is -1.59. The van der Waals surface area contributed by atoms with Gasteiger partial charge < -0.3 is 14.6 Å². The molecule has 6 heteroatoms. The van der Waals surface area contributed by atoms with Gasteiger partial charge in [0.25, 0.3) is 0 Å². The molecule has 0 saturated carbocycles. The van der Waals surface area contributed by atoms with Crippen molar-refractivity contribution in [2.75, 3.05) is 13.7 Å². The number of benzene rings is 1. The van der Waals surface area contributed by atoms with Crippen LogP contribution >= 0.6 is 11.6 Å². The fourth-order valence-electron chi connectivity index (χ4n) is 2.54. The molecule has 106 valence electrons. The molecular formula is C14H16ClN3O2. The van der Waals surface area contributed by atoms with E-state index in [0.717, 1.165) is 18.5 Å². The van der Waals surface area contributed by atoms with Crippen LogP contribution in [0.25, 0.3) is 11.4 Å². The summed E-state index contributed by atoms with van der Waals surface area (Å²) in [6.45, 7) is 3.11. The number of hydrogen-bond donors (Lipinski definition) is 1. The summed E-state index contributed by atoms with van der Waals surface area (Å²) in [7, 11) is 1.60. The maximum Gasteiger partial charge on any atom is 0.231 e. The van der Waals surface area contributed by atoms with Gasteiger partial charge >= 0.3 is 0 Å². The molecule has 3 rings (SSSR count). The van der Waals surface area contributed by atoms with Crippen molar-refractivity contribution < 1.29 is 9.26 Å². The molecule has 0 bridgehead atoms. The van der Waals surface area contributed by atoms with Gasteiger partial charge in [-0.25, -0.2) is 0 Å². The monoisotopic (exact) mass is 293 g/mol. The van der Waals surface area contributed by atoms with Crippen LogP contribution in [0, 0.1) is 0 Å². The second-order valence-electron chi connectivity index (χ2n) is 4.94. The summed E-state index contributed by atoms with van der Waals surface area (Å²) >= 11 is 5.96. The maximum absolute atomic E-state index is 5.96. The van der Waals surface area contributed by atoms with Crippen LogP contribution in [0.5, 0.6) is 5.75 Å². The average Bonchev–Trinajstić information content (AvgIpc) is 3.07. The highest BCUT2D eigenvalue weighted by molar-refractivity contribution is 6.30. The number of nitrogens with zero attached hydrogens (tertiary/aromatic N) is 2. The molecule has 0 spiro atoms.